The van der Waals surface area contributed by atoms with Gasteiger partial charge in [0.15, 0.2) is 0 Å². The summed E-state index contributed by atoms with van der Waals surface area (Å²) in [6, 6.07) is 5.53. The van der Waals surface area contributed by atoms with Gasteiger partial charge in [-0.3, -0.25) is 4.90 Å². The van der Waals surface area contributed by atoms with Gasteiger partial charge >= 0.3 is 6.18 Å². The number of benzene rings is 1. The zero-order valence-corrected chi connectivity index (χ0v) is 12.0. The summed E-state index contributed by atoms with van der Waals surface area (Å²) in [7, 11) is 0. The van der Waals surface area contributed by atoms with Crippen LogP contribution in [0.5, 0.6) is 0 Å². The second kappa shape index (κ2) is 7.00. The molecule has 0 amide bonds. The first-order valence-corrected chi connectivity index (χ1v) is 7.31. The van der Waals surface area contributed by atoms with Crippen molar-refractivity contribution in [2.45, 2.75) is 31.9 Å². The molecular weight excluding hydrogens is 275 g/mol. The molecule has 1 heterocycles. The molecule has 1 aromatic rings. The van der Waals surface area contributed by atoms with E-state index in [-0.39, 0.29) is 0 Å². The molecular formula is C17H20F3N. The number of terminal acetylenes is 1. The largest absolute Gasteiger partial charge is 0.416 e. The predicted octanol–water partition coefficient (Wildman–Crippen LogP) is 3.98. The minimum Gasteiger partial charge on any atom is -0.292 e. The van der Waals surface area contributed by atoms with Crippen molar-refractivity contribution in [2.75, 3.05) is 19.6 Å². The van der Waals surface area contributed by atoms with Crippen LogP contribution in [0.15, 0.2) is 24.3 Å². The van der Waals surface area contributed by atoms with E-state index in [4.69, 9.17) is 6.42 Å². The molecule has 1 aliphatic heterocycles. The molecule has 0 saturated carbocycles. The second-order valence-corrected chi connectivity index (χ2v) is 5.66. The van der Waals surface area contributed by atoms with E-state index in [0.717, 1.165) is 44.3 Å². The Labute approximate surface area is 124 Å². The molecule has 21 heavy (non-hydrogen) atoms. The summed E-state index contributed by atoms with van der Waals surface area (Å²) in [5.41, 5.74) is 0.405. The molecule has 1 fully saturated rings. The predicted molar refractivity (Wildman–Crippen MR) is 77.8 cm³/mol. The normalized spacial score (nSPS) is 17.6. The number of nitrogens with zero attached hydrogens (tertiary/aromatic N) is 1. The summed E-state index contributed by atoms with van der Waals surface area (Å²) < 4.78 is 37.4. The van der Waals surface area contributed by atoms with Crippen LogP contribution in [0, 0.1) is 18.3 Å². The fraction of sp³-hybridized carbons (Fsp3) is 0.529. The number of hydrogen-bond donors (Lipinski definition) is 0. The third-order valence-electron chi connectivity index (χ3n) is 4.14. The van der Waals surface area contributed by atoms with Crippen molar-refractivity contribution in [1.82, 2.24) is 4.90 Å². The Kier molecular flexibility index (Phi) is 5.30. The maximum atomic E-state index is 12.5. The SMILES string of the molecule is C#CCN1CCC(CCc2ccc(C(F)(F)F)cc2)CC1. The third-order valence-corrected chi connectivity index (χ3v) is 4.14. The summed E-state index contributed by atoms with van der Waals surface area (Å²) in [5.74, 6) is 3.32. The van der Waals surface area contributed by atoms with Crippen molar-refractivity contribution in [2.24, 2.45) is 5.92 Å². The van der Waals surface area contributed by atoms with Crippen LogP contribution >= 0.6 is 0 Å². The molecule has 1 saturated heterocycles. The fourth-order valence-corrected chi connectivity index (χ4v) is 2.79. The van der Waals surface area contributed by atoms with Crippen LogP contribution in [-0.4, -0.2) is 24.5 Å². The second-order valence-electron chi connectivity index (χ2n) is 5.66. The van der Waals surface area contributed by atoms with Gasteiger partial charge in [-0.25, -0.2) is 0 Å². The van der Waals surface area contributed by atoms with Crippen molar-refractivity contribution >= 4 is 0 Å². The Morgan fingerprint density at radius 3 is 2.29 bits per heavy atom. The van der Waals surface area contributed by atoms with Gasteiger partial charge in [-0.1, -0.05) is 18.1 Å². The summed E-state index contributed by atoms with van der Waals surface area (Å²) >= 11 is 0. The standard InChI is InChI=1S/C17H20F3N/c1-2-11-21-12-9-15(10-13-21)4-3-14-5-7-16(8-6-14)17(18,19)20/h1,5-8,15H,3-4,9-13H2. The molecule has 114 valence electrons. The molecule has 1 nitrogen and oxygen atoms in total. The summed E-state index contributed by atoms with van der Waals surface area (Å²) in [4.78, 5) is 2.27. The number of aryl methyl sites for hydroxylation is 1. The Hall–Kier alpha value is -1.47. The Morgan fingerprint density at radius 1 is 1.14 bits per heavy atom. The average molecular weight is 295 g/mol. The average Bonchev–Trinajstić information content (AvgIpc) is 2.46. The van der Waals surface area contributed by atoms with Crippen molar-refractivity contribution < 1.29 is 13.2 Å². The number of halogens is 3. The van der Waals surface area contributed by atoms with Gasteiger partial charge in [0, 0.05) is 0 Å². The number of rotatable bonds is 4. The highest BCUT2D eigenvalue weighted by molar-refractivity contribution is 5.24. The van der Waals surface area contributed by atoms with Crippen molar-refractivity contribution in [3.8, 4) is 12.3 Å². The number of hydrogen-bond acceptors (Lipinski definition) is 1. The lowest BCUT2D eigenvalue weighted by Gasteiger charge is -2.30. The minimum absolute atomic E-state index is 0.575. The Bertz CT molecular complexity index is 476. The van der Waals surface area contributed by atoms with Gasteiger partial charge in [0.1, 0.15) is 0 Å². The third kappa shape index (κ3) is 4.78. The first-order chi connectivity index (χ1) is 9.99. The molecule has 0 aliphatic carbocycles. The fourth-order valence-electron chi connectivity index (χ4n) is 2.79. The van der Waals surface area contributed by atoms with Crippen molar-refractivity contribution in [3.05, 3.63) is 35.4 Å². The first-order valence-electron chi connectivity index (χ1n) is 7.31. The van der Waals surface area contributed by atoms with Crippen LogP contribution in [0.4, 0.5) is 13.2 Å². The molecule has 0 atom stereocenters. The molecule has 0 bridgehead atoms. The lowest BCUT2D eigenvalue weighted by Crippen LogP contribution is -2.34. The van der Waals surface area contributed by atoms with Crippen molar-refractivity contribution in [3.63, 3.8) is 0 Å². The van der Waals surface area contributed by atoms with E-state index in [9.17, 15) is 13.2 Å². The highest BCUT2D eigenvalue weighted by Gasteiger charge is 2.29. The summed E-state index contributed by atoms with van der Waals surface area (Å²) in [6.07, 6.45) is 5.19. The zero-order chi connectivity index (χ0) is 15.3. The van der Waals surface area contributed by atoms with Gasteiger partial charge in [0.25, 0.3) is 0 Å². The van der Waals surface area contributed by atoms with Crippen LogP contribution < -0.4 is 0 Å². The number of piperidine rings is 1. The van der Waals surface area contributed by atoms with Gasteiger partial charge < -0.3 is 0 Å². The monoisotopic (exact) mass is 295 g/mol. The van der Waals surface area contributed by atoms with Crippen LogP contribution in [0.1, 0.15) is 30.4 Å². The van der Waals surface area contributed by atoms with Gasteiger partial charge in [-0.05, 0) is 62.4 Å². The Balaban J connectivity index is 1.78. The minimum atomic E-state index is -4.25. The van der Waals surface area contributed by atoms with E-state index in [0.29, 0.717) is 12.5 Å². The smallest absolute Gasteiger partial charge is 0.292 e. The quantitative estimate of drug-likeness (QED) is 0.759. The van der Waals surface area contributed by atoms with Crippen LogP contribution in [0.2, 0.25) is 0 Å². The highest BCUT2D eigenvalue weighted by Crippen LogP contribution is 2.29. The lowest BCUT2D eigenvalue weighted by atomic mass is 9.90. The molecule has 0 N–H and O–H groups in total. The molecule has 4 heteroatoms. The van der Waals surface area contributed by atoms with Crippen LogP contribution in [-0.2, 0) is 12.6 Å². The molecule has 2 rings (SSSR count). The van der Waals surface area contributed by atoms with E-state index < -0.39 is 11.7 Å². The highest BCUT2D eigenvalue weighted by atomic mass is 19.4. The number of alkyl halides is 3. The van der Waals surface area contributed by atoms with E-state index in [1.807, 2.05) is 0 Å². The lowest BCUT2D eigenvalue weighted by molar-refractivity contribution is -0.137. The number of likely N-dealkylation sites (tertiary alicyclic amines) is 1. The van der Waals surface area contributed by atoms with Crippen molar-refractivity contribution in [1.29, 1.82) is 0 Å². The van der Waals surface area contributed by atoms with E-state index >= 15 is 0 Å². The Morgan fingerprint density at radius 2 is 1.76 bits per heavy atom. The van der Waals surface area contributed by atoms with Gasteiger partial charge in [-0.15, -0.1) is 6.42 Å². The topological polar surface area (TPSA) is 3.24 Å². The maximum Gasteiger partial charge on any atom is 0.416 e. The molecule has 1 aromatic carbocycles. The maximum absolute atomic E-state index is 12.5. The molecule has 0 spiro atoms. The molecule has 0 unspecified atom stereocenters. The zero-order valence-electron chi connectivity index (χ0n) is 12.0. The molecule has 1 aliphatic rings. The summed E-state index contributed by atoms with van der Waals surface area (Å²) in [5, 5.41) is 0. The van der Waals surface area contributed by atoms with Gasteiger partial charge in [0.2, 0.25) is 0 Å². The first kappa shape index (κ1) is 15.9. The summed E-state index contributed by atoms with van der Waals surface area (Å²) in [6.45, 7) is 2.77. The van der Waals surface area contributed by atoms with E-state index in [2.05, 4.69) is 10.8 Å². The molecule has 0 radical (unpaired) electrons. The van der Waals surface area contributed by atoms with E-state index in [1.165, 1.54) is 12.1 Å². The van der Waals surface area contributed by atoms with Gasteiger partial charge in [0.05, 0.1) is 12.1 Å². The molecule has 0 aromatic heterocycles. The van der Waals surface area contributed by atoms with Crippen LogP contribution in [0.3, 0.4) is 0 Å². The van der Waals surface area contributed by atoms with Crippen LogP contribution in [0.25, 0.3) is 0 Å². The van der Waals surface area contributed by atoms with Gasteiger partial charge in [-0.2, -0.15) is 13.2 Å². The van der Waals surface area contributed by atoms with E-state index in [1.54, 1.807) is 12.1 Å².